The first-order chi connectivity index (χ1) is 21.7. The molecule has 2 atom stereocenters. The largest absolute Gasteiger partial charge is 0.492 e. The van der Waals surface area contributed by atoms with Gasteiger partial charge in [0.05, 0.1) is 45.1 Å². The molecule has 8 heteroatoms. The molecule has 8 nitrogen and oxygen atoms in total. The summed E-state index contributed by atoms with van der Waals surface area (Å²) in [5.41, 5.74) is 6.45. The van der Waals surface area contributed by atoms with Crippen LogP contribution in [0, 0.1) is 0 Å². The third-order valence-corrected chi connectivity index (χ3v) is 9.30. The fourth-order valence-electron chi connectivity index (χ4n) is 7.41. The van der Waals surface area contributed by atoms with Crippen LogP contribution in [0.15, 0.2) is 94.5 Å². The molecule has 0 heterocycles. The Bertz CT molecular complexity index is 1400. The second-order valence-electron chi connectivity index (χ2n) is 12.3. The normalized spacial score (nSPS) is 23.8. The Hall–Kier alpha value is -3.24. The van der Waals surface area contributed by atoms with Gasteiger partial charge in [0.25, 0.3) is 0 Å². The second kappa shape index (κ2) is 13.6. The van der Waals surface area contributed by atoms with Gasteiger partial charge in [-0.1, -0.05) is 48.5 Å². The predicted octanol–water partition coefficient (Wildman–Crippen LogP) is 4.71. The number of hydrogen-bond acceptors (Lipinski definition) is 8. The second-order valence-corrected chi connectivity index (χ2v) is 12.3. The Morgan fingerprint density at radius 3 is 1.33 bits per heavy atom. The van der Waals surface area contributed by atoms with Crippen molar-refractivity contribution in [2.75, 3.05) is 52.9 Å². The van der Waals surface area contributed by atoms with Gasteiger partial charge >= 0.3 is 0 Å². The summed E-state index contributed by atoms with van der Waals surface area (Å²) in [5, 5.41) is 38.7. The SMILES string of the molecule is CC1=C(C2(C3=C(C)C=C(OCCO)C(C)(OCCO)C3)c3ccccc3-c3ccccc32)CC(C)(OCCO)C(OCCO)=C1. The maximum Gasteiger partial charge on any atom is 0.128 e. The van der Waals surface area contributed by atoms with Crippen molar-refractivity contribution in [3.63, 3.8) is 0 Å². The highest BCUT2D eigenvalue weighted by molar-refractivity contribution is 5.86. The maximum atomic E-state index is 9.76. The van der Waals surface area contributed by atoms with Crippen LogP contribution in [0.3, 0.4) is 0 Å². The van der Waals surface area contributed by atoms with Crippen LogP contribution >= 0.6 is 0 Å². The van der Waals surface area contributed by atoms with E-state index < -0.39 is 16.6 Å². The van der Waals surface area contributed by atoms with Gasteiger partial charge in [-0.3, -0.25) is 0 Å². The highest BCUT2D eigenvalue weighted by Gasteiger charge is 2.55. The number of benzene rings is 2. The standard InChI is InChI=1S/C37H46O8/c1-25-21-33(42-17-13-38)35(3,44-19-15-40)23-31(25)37(29-11-7-5-9-27(29)28-10-6-8-12-30(28)37)32-24-36(4,45-20-16-41)34(22-26(32)2)43-18-14-39/h5-12,21-22,38-41H,13-20,23-24H2,1-4H3. The van der Waals surface area contributed by atoms with E-state index in [4.69, 9.17) is 18.9 Å². The molecule has 0 amide bonds. The van der Waals surface area contributed by atoms with Gasteiger partial charge in [-0.05, 0) is 84.4 Å². The topological polar surface area (TPSA) is 118 Å². The van der Waals surface area contributed by atoms with Crippen molar-refractivity contribution >= 4 is 0 Å². The Morgan fingerprint density at radius 1 is 0.578 bits per heavy atom. The first-order valence-corrected chi connectivity index (χ1v) is 15.7. The monoisotopic (exact) mass is 618 g/mol. The average Bonchev–Trinajstić information content (AvgIpc) is 3.34. The van der Waals surface area contributed by atoms with E-state index in [0.717, 1.165) is 44.5 Å². The molecule has 45 heavy (non-hydrogen) atoms. The van der Waals surface area contributed by atoms with Gasteiger partial charge in [0.1, 0.15) is 35.9 Å². The maximum absolute atomic E-state index is 9.76. The number of allylic oxidation sites excluding steroid dienone is 4. The first-order valence-electron chi connectivity index (χ1n) is 15.7. The molecule has 3 aliphatic rings. The van der Waals surface area contributed by atoms with Crippen LogP contribution in [0.5, 0.6) is 0 Å². The highest BCUT2D eigenvalue weighted by atomic mass is 16.6. The van der Waals surface area contributed by atoms with Crippen LogP contribution in [-0.2, 0) is 24.4 Å². The van der Waals surface area contributed by atoms with Crippen LogP contribution in [0.2, 0.25) is 0 Å². The molecular weight excluding hydrogens is 572 g/mol. The fraction of sp³-hybridized carbons (Fsp3) is 0.459. The summed E-state index contributed by atoms with van der Waals surface area (Å²) in [5.74, 6) is 1.23. The van der Waals surface area contributed by atoms with E-state index in [2.05, 4.69) is 62.4 Å². The van der Waals surface area contributed by atoms with Gasteiger partial charge in [-0.25, -0.2) is 0 Å². The van der Waals surface area contributed by atoms with Crippen molar-refractivity contribution in [2.45, 2.75) is 57.2 Å². The molecule has 242 valence electrons. The van der Waals surface area contributed by atoms with Gasteiger partial charge in [0.15, 0.2) is 0 Å². The van der Waals surface area contributed by atoms with Gasteiger partial charge in [-0.2, -0.15) is 0 Å². The number of ether oxygens (including phenoxy) is 4. The van der Waals surface area contributed by atoms with Crippen molar-refractivity contribution in [3.05, 3.63) is 106 Å². The zero-order valence-corrected chi connectivity index (χ0v) is 26.8. The lowest BCUT2D eigenvalue weighted by Crippen LogP contribution is -2.45. The molecule has 0 saturated carbocycles. The molecule has 0 saturated heterocycles. The van der Waals surface area contributed by atoms with Crippen molar-refractivity contribution < 1.29 is 39.4 Å². The van der Waals surface area contributed by atoms with Gasteiger partial charge < -0.3 is 39.4 Å². The summed E-state index contributed by atoms with van der Waals surface area (Å²) in [7, 11) is 0. The first kappa shape index (κ1) is 33.1. The number of aliphatic hydroxyl groups is 4. The predicted molar refractivity (Wildman–Crippen MR) is 172 cm³/mol. The third-order valence-electron chi connectivity index (χ3n) is 9.30. The molecule has 2 aromatic rings. The molecule has 3 aliphatic carbocycles. The van der Waals surface area contributed by atoms with E-state index in [1.807, 2.05) is 26.0 Å². The van der Waals surface area contributed by atoms with Crippen LogP contribution in [0.1, 0.15) is 51.7 Å². The van der Waals surface area contributed by atoms with E-state index in [1.165, 1.54) is 0 Å². The van der Waals surface area contributed by atoms with E-state index in [9.17, 15) is 20.4 Å². The molecule has 0 radical (unpaired) electrons. The van der Waals surface area contributed by atoms with E-state index in [0.29, 0.717) is 24.4 Å². The summed E-state index contributed by atoms with van der Waals surface area (Å²) in [6.07, 6.45) is 4.98. The summed E-state index contributed by atoms with van der Waals surface area (Å²) >= 11 is 0. The number of aliphatic hydroxyl groups excluding tert-OH is 4. The minimum atomic E-state index is -0.905. The molecule has 0 aromatic heterocycles. The molecule has 0 aliphatic heterocycles. The third kappa shape index (κ3) is 5.80. The summed E-state index contributed by atoms with van der Waals surface area (Å²) < 4.78 is 24.9. The molecule has 2 aromatic carbocycles. The Morgan fingerprint density at radius 2 is 0.956 bits per heavy atom. The van der Waals surface area contributed by atoms with Crippen LogP contribution in [-0.4, -0.2) is 84.5 Å². The molecule has 0 bridgehead atoms. The highest BCUT2D eigenvalue weighted by Crippen LogP contribution is 2.62. The summed E-state index contributed by atoms with van der Waals surface area (Å²) in [6.45, 7) is 8.17. The van der Waals surface area contributed by atoms with Crippen LogP contribution in [0.25, 0.3) is 11.1 Å². The lowest BCUT2D eigenvalue weighted by molar-refractivity contribution is -0.0628. The molecular formula is C37H46O8. The average molecular weight is 619 g/mol. The van der Waals surface area contributed by atoms with Gasteiger partial charge in [-0.15, -0.1) is 0 Å². The van der Waals surface area contributed by atoms with Gasteiger partial charge in [0, 0.05) is 12.8 Å². The van der Waals surface area contributed by atoms with E-state index in [-0.39, 0.29) is 52.9 Å². The Balaban J connectivity index is 1.83. The minimum absolute atomic E-state index is 0.126. The number of fused-ring (bicyclic) bond motifs is 3. The van der Waals surface area contributed by atoms with Gasteiger partial charge in [0.2, 0.25) is 0 Å². The zero-order valence-electron chi connectivity index (χ0n) is 26.8. The Kier molecular flexibility index (Phi) is 10.0. The minimum Gasteiger partial charge on any atom is -0.492 e. The lowest BCUT2D eigenvalue weighted by atomic mass is 9.58. The molecule has 0 spiro atoms. The van der Waals surface area contributed by atoms with E-state index >= 15 is 0 Å². The summed E-state index contributed by atoms with van der Waals surface area (Å²) in [4.78, 5) is 0. The number of rotatable bonds is 14. The smallest absolute Gasteiger partial charge is 0.128 e. The molecule has 2 unspecified atom stereocenters. The zero-order chi connectivity index (χ0) is 32.2. The quantitative estimate of drug-likeness (QED) is 0.241. The molecule has 5 rings (SSSR count). The van der Waals surface area contributed by atoms with Crippen LogP contribution in [0.4, 0.5) is 0 Å². The van der Waals surface area contributed by atoms with Crippen molar-refractivity contribution in [3.8, 4) is 11.1 Å². The lowest BCUT2D eigenvalue weighted by Gasteiger charge is -2.48. The summed E-state index contributed by atoms with van der Waals surface area (Å²) in [6, 6.07) is 17.1. The van der Waals surface area contributed by atoms with E-state index in [1.54, 1.807) is 0 Å². The van der Waals surface area contributed by atoms with Crippen LogP contribution < -0.4 is 0 Å². The number of hydrogen-bond donors (Lipinski definition) is 4. The molecule has 4 N–H and O–H groups in total. The molecule has 0 fully saturated rings. The van der Waals surface area contributed by atoms with Crippen molar-refractivity contribution in [1.29, 1.82) is 0 Å². The van der Waals surface area contributed by atoms with Crippen molar-refractivity contribution in [1.82, 2.24) is 0 Å². The Labute approximate surface area is 265 Å². The fourth-order valence-corrected chi connectivity index (χ4v) is 7.41. The van der Waals surface area contributed by atoms with Crippen molar-refractivity contribution in [2.24, 2.45) is 0 Å².